The lowest BCUT2D eigenvalue weighted by Gasteiger charge is -2.28. The second kappa shape index (κ2) is 6.14. The molecular weight excluding hydrogens is 267 g/mol. The number of carbonyl (C=O) groups excluding carboxylic acids is 1. The first-order valence-corrected chi connectivity index (χ1v) is 7.91. The number of rotatable bonds is 7. The Morgan fingerprint density at radius 3 is 2.67 bits per heavy atom. The fourth-order valence-corrected chi connectivity index (χ4v) is 2.92. The fraction of sp³-hybridized carbons (Fsp3) is 0.588. The van der Waals surface area contributed by atoms with Crippen LogP contribution in [0.5, 0.6) is 0 Å². The number of halogens is 1. The first kappa shape index (κ1) is 14.5. The lowest BCUT2D eigenvalue weighted by atomic mass is 10.1. The van der Waals surface area contributed by atoms with E-state index in [-0.39, 0.29) is 18.3 Å². The molecule has 2 saturated carbocycles. The van der Waals surface area contributed by atoms with Gasteiger partial charge in [0.25, 0.3) is 0 Å². The van der Waals surface area contributed by atoms with Gasteiger partial charge < -0.3 is 5.32 Å². The molecule has 0 aliphatic heterocycles. The number of hydrogen-bond acceptors (Lipinski definition) is 2. The van der Waals surface area contributed by atoms with Gasteiger partial charge in [-0.15, -0.1) is 0 Å². The van der Waals surface area contributed by atoms with E-state index in [0.717, 1.165) is 5.92 Å². The molecule has 0 radical (unpaired) electrons. The predicted octanol–water partition coefficient (Wildman–Crippen LogP) is 2.70. The zero-order valence-electron chi connectivity index (χ0n) is 12.5. The van der Waals surface area contributed by atoms with Crippen LogP contribution in [0.15, 0.2) is 24.3 Å². The van der Waals surface area contributed by atoms with Crippen LogP contribution >= 0.6 is 0 Å². The molecule has 0 spiro atoms. The standard InChI is InChI=1S/C17H23FN2O/c1-12(13-6-7-13)20(15-8-9-15)11-17(21)19-10-14-4-2-3-5-16(14)18/h2-5,12-13,15H,6-11H2,1H3,(H,19,21). The third-order valence-corrected chi connectivity index (χ3v) is 4.60. The monoisotopic (exact) mass is 290 g/mol. The molecule has 1 atom stereocenters. The van der Waals surface area contributed by atoms with Crippen LogP contribution in [-0.2, 0) is 11.3 Å². The lowest BCUT2D eigenvalue weighted by Crippen LogP contribution is -2.43. The van der Waals surface area contributed by atoms with Crippen LogP contribution in [-0.4, -0.2) is 29.4 Å². The minimum absolute atomic E-state index is 0.00217. The van der Waals surface area contributed by atoms with Gasteiger partial charge in [-0.25, -0.2) is 4.39 Å². The molecule has 4 heteroatoms. The zero-order valence-corrected chi connectivity index (χ0v) is 12.5. The molecule has 1 N–H and O–H groups in total. The Kier molecular flexibility index (Phi) is 4.24. The van der Waals surface area contributed by atoms with Gasteiger partial charge in [0.2, 0.25) is 5.91 Å². The van der Waals surface area contributed by atoms with Crippen molar-refractivity contribution in [1.82, 2.24) is 10.2 Å². The molecular formula is C17H23FN2O. The van der Waals surface area contributed by atoms with E-state index >= 15 is 0 Å². The molecule has 1 amide bonds. The van der Waals surface area contributed by atoms with Crippen LogP contribution in [0.3, 0.4) is 0 Å². The third kappa shape index (κ3) is 3.82. The Morgan fingerprint density at radius 2 is 2.05 bits per heavy atom. The molecule has 0 heterocycles. The van der Waals surface area contributed by atoms with E-state index in [1.165, 1.54) is 31.7 Å². The van der Waals surface area contributed by atoms with E-state index in [9.17, 15) is 9.18 Å². The van der Waals surface area contributed by atoms with Crippen molar-refractivity contribution in [3.8, 4) is 0 Å². The highest BCUT2D eigenvalue weighted by atomic mass is 19.1. The molecule has 21 heavy (non-hydrogen) atoms. The maximum atomic E-state index is 13.5. The van der Waals surface area contributed by atoms with Crippen LogP contribution in [0.2, 0.25) is 0 Å². The summed E-state index contributed by atoms with van der Waals surface area (Å²) in [4.78, 5) is 14.5. The molecule has 1 aromatic rings. The van der Waals surface area contributed by atoms with E-state index < -0.39 is 0 Å². The zero-order chi connectivity index (χ0) is 14.8. The van der Waals surface area contributed by atoms with Crippen molar-refractivity contribution in [1.29, 1.82) is 0 Å². The minimum atomic E-state index is -0.261. The molecule has 3 nitrogen and oxygen atoms in total. The molecule has 2 aliphatic carbocycles. The van der Waals surface area contributed by atoms with E-state index in [0.29, 0.717) is 24.2 Å². The van der Waals surface area contributed by atoms with Crippen molar-refractivity contribution in [3.05, 3.63) is 35.6 Å². The summed E-state index contributed by atoms with van der Waals surface area (Å²) in [5.41, 5.74) is 0.541. The number of hydrogen-bond donors (Lipinski definition) is 1. The Morgan fingerprint density at radius 1 is 1.33 bits per heavy atom. The minimum Gasteiger partial charge on any atom is -0.351 e. The summed E-state index contributed by atoms with van der Waals surface area (Å²) in [6.45, 7) is 2.94. The first-order valence-electron chi connectivity index (χ1n) is 7.91. The number of amides is 1. The molecule has 1 unspecified atom stereocenters. The number of nitrogens with one attached hydrogen (secondary N) is 1. The van der Waals surface area contributed by atoms with E-state index in [4.69, 9.17) is 0 Å². The van der Waals surface area contributed by atoms with Gasteiger partial charge in [0, 0.05) is 24.2 Å². The topological polar surface area (TPSA) is 32.3 Å². The van der Waals surface area contributed by atoms with Gasteiger partial charge in [-0.1, -0.05) is 18.2 Å². The molecule has 114 valence electrons. The summed E-state index contributed by atoms with van der Waals surface area (Å²) < 4.78 is 13.5. The van der Waals surface area contributed by atoms with Gasteiger partial charge in [-0.05, 0) is 44.6 Å². The quantitative estimate of drug-likeness (QED) is 0.837. The summed E-state index contributed by atoms with van der Waals surface area (Å²) in [7, 11) is 0. The van der Waals surface area contributed by atoms with Gasteiger partial charge in [-0.3, -0.25) is 9.69 Å². The summed E-state index contributed by atoms with van der Waals surface area (Å²) >= 11 is 0. The van der Waals surface area contributed by atoms with E-state index in [1.807, 2.05) is 0 Å². The van der Waals surface area contributed by atoms with Crippen molar-refractivity contribution in [2.75, 3.05) is 6.54 Å². The molecule has 0 bridgehead atoms. The highest BCUT2D eigenvalue weighted by Gasteiger charge is 2.39. The normalized spacial score (nSPS) is 19.6. The maximum absolute atomic E-state index is 13.5. The van der Waals surface area contributed by atoms with Crippen molar-refractivity contribution in [2.24, 2.45) is 5.92 Å². The molecule has 0 saturated heterocycles. The largest absolute Gasteiger partial charge is 0.351 e. The Balaban J connectivity index is 1.51. The maximum Gasteiger partial charge on any atom is 0.234 e. The molecule has 1 aromatic carbocycles. The van der Waals surface area contributed by atoms with Crippen LogP contribution in [0.25, 0.3) is 0 Å². The third-order valence-electron chi connectivity index (χ3n) is 4.60. The highest BCUT2D eigenvalue weighted by Crippen LogP contribution is 2.39. The van der Waals surface area contributed by atoms with Crippen LogP contribution in [0, 0.1) is 11.7 Å². The lowest BCUT2D eigenvalue weighted by molar-refractivity contribution is -0.123. The summed E-state index contributed by atoms with van der Waals surface area (Å²) in [6, 6.07) is 7.66. The Bertz CT molecular complexity index is 511. The van der Waals surface area contributed by atoms with Crippen molar-refractivity contribution < 1.29 is 9.18 Å². The number of benzene rings is 1. The van der Waals surface area contributed by atoms with Gasteiger partial charge in [0.05, 0.1) is 6.54 Å². The number of carbonyl (C=O) groups is 1. The SMILES string of the molecule is CC(C1CC1)N(CC(=O)NCc1ccccc1F)C1CC1. The Hall–Kier alpha value is -1.42. The average molecular weight is 290 g/mol. The highest BCUT2D eigenvalue weighted by molar-refractivity contribution is 5.78. The summed E-state index contributed by atoms with van der Waals surface area (Å²) in [6.07, 6.45) is 5.00. The van der Waals surface area contributed by atoms with Gasteiger partial charge in [-0.2, -0.15) is 0 Å². The van der Waals surface area contributed by atoms with Crippen molar-refractivity contribution >= 4 is 5.91 Å². The number of nitrogens with zero attached hydrogens (tertiary/aromatic N) is 1. The molecule has 2 aliphatic rings. The summed E-state index contributed by atoms with van der Waals surface area (Å²) in [5.74, 6) is 0.505. The smallest absolute Gasteiger partial charge is 0.234 e. The molecule has 2 fully saturated rings. The molecule has 3 rings (SSSR count). The van der Waals surface area contributed by atoms with Crippen LogP contribution in [0.1, 0.15) is 38.2 Å². The van der Waals surface area contributed by atoms with E-state index in [2.05, 4.69) is 17.1 Å². The second-order valence-corrected chi connectivity index (χ2v) is 6.35. The van der Waals surface area contributed by atoms with Crippen LogP contribution < -0.4 is 5.32 Å². The first-order chi connectivity index (χ1) is 10.1. The van der Waals surface area contributed by atoms with Crippen molar-refractivity contribution in [3.63, 3.8) is 0 Å². The van der Waals surface area contributed by atoms with Gasteiger partial charge in [0.1, 0.15) is 5.82 Å². The van der Waals surface area contributed by atoms with Gasteiger partial charge >= 0.3 is 0 Å². The second-order valence-electron chi connectivity index (χ2n) is 6.35. The van der Waals surface area contributed by atoms with E-state index in [1.54, 1.807) is 18.2 Å². The predicted molar refractivity (Wildman–Crippen MR) is 80.2 cm³/mol. The fourth-order valence-electron chi connectivity index (χ4n) is 2.92. The van der Waals surface area contributed by atoms with Crippen molar-refractivity contribution in [2.45, 2.75) is 51.2 Å². The summed E-state index contributed by atoms with van der Waals surface area (Å²) in [5, 5.41) is 2.85. The van der Waals surface area contributed by atoms with Gasteiger partial charge in [0.15, 0.2) is 0 Å². The average Bonchev–Trinajstić information content (AvgIpc) is 3.35. The molecule has 0 aromatic heterocycles. The van der Waals surface area contributed by atoms with Crippen LogP contribution in [0.4, 0.5) is 4.39 Å². The Labute approximate surface area is 125 Å².